The molecule has 0 unspecified atom stereocenters. The zero-order valence-electron chi connectivity index (χ0n) is 21.3. The van der Waals surface area contributed by atoms with Crippen molar-refractivity contribution >= 4 is 16.0 Å². The number of carboxylic acids is 1. The van der Waals surface area contributed by atoms with Gasteiger partial charge in [-0.2, -0.15) is 17.5 Å². The fraction of sp³-hybridized carbons (Fsp3) is 0.500. The number of alkyl halides is 3. The first kappa shape index (κ1) is 30.8. The minimum atomic E-state index is -4.77. The third-order valence-corrected chi connectivity index (χ3v) is 7.99. The van der Waals surface area contributed by atoms with Crippen LogP contribution in [-0.4, -0.2) is 60.7 Å². The number of aliphatic carboxylic acids is 1. The number of sulfonamides is 1. The summed E-state index contributed by atoms with van der Waals surface area (Å²) < 4.78 is 66.9. The molecule has 0 fully saturated rings. The van der Waals surface area contributed by atoms with E-state index in [0.717, 1.165) is 35.7 Å². The van der Waals surface area contributed by atoms with E-state index in [4.69, 9.17) is 5.11 Å². The summed E-state index contributed by atoms with van der Waals surface area (Å²) in [4.78, 5) is 10.3. The Hall–Kier alpha value is -2.47. The lowest BCUT2D eigenvalue weighted by Crippen LogP contribution is -2.46. The maximum absolute atomic E-state index is 13.3. The van der Waals surface area contributed by atoms with Crippen molar-refractivity contribution in [1.29, 1.82) is 0 Å². The molecule has 0 heterocycles. The highest BCUT2D eigenvalue weighted by Crippen LogP contribution is 2.33. The highest BCUT2D eigenvalue weighted by atomic mass is 32.2. The second-order valence-corrected chi connectivity index (χ2v) is 11.8. The number of hydrogen-bond acceptors (Lipinski definition) is 5. The third-order valence-electron chi connectivity index (χ3n) is 6.09. The maximum Gasteiger partial charge on any atom is 0.416 e. The summed E-state index contributed by atoms with van der Waals surface area (Å²) in [6.45, 7) is 3.67. The summed E-state index contributed by atoms with van der Waals surface area (Å²) in [5.41, 5.74) is -0.298. The number of carboxylic acid groups (broad SMARTS) is 1. The minimum absolute atomic E-state index is 0.0329. The number of rotatable bonds is 14. The van der Waals surface area contributed by atoms with Crippen LogP contribution in [-0.2, 0) is 33.8 Å². The molecule has 0 aliphatic carbocycles. The van der Waals surface area contributed by atoms with Crippen LogP contribution in [0, 0.1) is 0 Å². The van der Waals surface area contributed by atoms with Gasteiger partial charge in [-0.25, -0.2) is 8.42 Å². The summed E-state index contributed by atoms with van der Waals surface area (Å²) in [6.07, 6.45) is -3.98. The number of likely N-dealkylation sites (N-methyl/N-ethyl adjacent to an activating group) is 1. The molecule has 11 heteroatoms. The van der Waals surface area contributed by atoms with Gasteiger partial charge in [0.25, 0.3) is 0 Å². The van der Waals surface area contributed by atoms with E-state index in [2.05, 4.69) is 17.4 Å². The van der Waals surface area contributed by atoms with Crippen molar-refractivity contribution in [3.8, 4) is 0 Å². The number of nitrogens with zero attached hydrogens (tertiary/aromatic N) is 1. The van der Waals surface area contributed by atoms with Gasteiger partial charge >= 0.3 is 12.1 Å². The number of aliphatic hydroxyl groups excluding tert-OH is 1. The molecule has 206 valence electrons. The molecule has 0 aliphatic rings. The molecular weight excluding hydrogens is 509 g/mol. The van der Waals surface area contributed by atoms with E-state index in [-0.39, 0.29) is 30.6 Å². The molecule has 0 aromatic heterocycles. The Morgan fingerprint density at radius 1 is 1.08 bits per heavy atom. The lowest BCUT2D eigenvalue weighted by Gasteiger charge is -2.29. The first-order valence-electron chi connectivity index (χ1n) is 12.0. The highest BCUT2D eigenvalue weighted by Gasteiger charge is 2.34. The molecule has 3 N–H and O–H groups in total. The van der Waals surface area contributed by atoms with Crippen LogP contribution < -0.4 is 5.32 Å². The van der Waals surface area contributed by atoms with E-state index in [1.54, 1.807) is 0 Å². The molecule has 0 saturated carbocycles. The van der Waals surface area contributed by atoms with Crippen molar-refractivity contribution in [2.24, 2.45) is 0 Å². The minimum Gasteiger partial charge on any atom is -0.481 e. The molecule has 0 bridgehead atoms. The van der Waals surface area contributed by atoms with Crippen molar-refractivity contribution in [1.82, 2.24) is 9.62 Å². The molecule has 37 heavy (non-hydrogen) atoms. The summed E-state index contributed by atoms with van der Waals surface area (Å²) in [7, 11) is -3.27. The van der Waals surface area contributed by atoms with E-state index < -0.39 is 45.2 Å². The van der Waals surface area contributed by atoms with Crippen molar-refractivity contribution in [3.05, 3.63) is 65.2 Å². The quantitative estimate of drug-likeness (QED) is 0.331. The van der Waals surface area contributed by atoms with E-state index in [1.807, 2.05) is 32.0 Å². The SMILES string of the molecule is CN(C[C@H](O)CNC(C)(C)CCCc1ccccc1)S(=O)(=O)c1cc(C(F)(F)F)ccc1CCC(=O)O. The van der Waals surface area contributed by atoms with E-state index in [9.17, 15) is 31.5 Å². The average Bonchev–Trinajstić information content (AvgIpc) is 2.81. The Morgan fingerprint density at radius 3 is 2.32 bits per heavy atom. The van der Waals surface area contributed by atoms with Crippen molar-refractivity contribution in [3.63, 3.8) is 0 Å². The second-order valence-electron chi connectivity index (χ2n) is 9.76. The van der Waals surface area contributed by atoms with Crippen LogP contribution in [0.5, 0.6) is 0 Å². The average molecular weight is 545 g/mol. The van der Waals surface area contributed by atoms with Gasteiger partial charge in [0.1, 0.15) is 0 Å². The molecular formula is C26H35F3N2O5S. The highest BCUT2D eigenvalue weighted by molar-refractivity contribution is 7.89. The molecule has 0 saturated heterocycles. The van der Waals surface area contributed by atoms with Gasteiger partial charge in [0.15, 0.2) is 0 Å². The number of nitrogens with one attached hydrogen (secondary N) is 1. The number of hydrogen-bond donors (Lipinski definition) is 3. The van der Waals surface area contributed by atoms with Crippen LogP contribution in [0.15, 0.2) is 53.4 Å². The maximum atomic E-state index is 13.3. The Bertz CT molecular complexity index is 1140. The molecule has 2 aromatic carbocycles. The van der Waals surface area contributed by atoms with Crippen molar-refractivity contribution in [2.45, 2.75) is 68.7 Å². The number of aliphatic hydroxyl groups is 1. The fourth-order valence-electron chi connectivity index (χ4n) is 3.91. The topological polar surface area (TPSA) is 107 Å². The fourth-order valence-corrected chi connectivity index (χ4v) is 5.39. The molecule has 0 spiro atoms. The first-order valence-corrected chi connectivity index (χ1v) is 13.4. The molecule has 0 aliphatic heterocycles. The number of aryl methyl sites for hydroxylation is 2. The van der Waals surface area contributed by atoms with E-state index in [0.29, 0.717) is 6.07 Å². The van der Waals surface area contributed by atoms with Gasteiger partial charge in [0.05, 0.1) is 16.6 Å². The molecule has 2 aromatic rings. The second kappa shape index (κ2) is 12.9. The van der Waals surface area contributed by atoms with Crippen LogP contribution in [0.3, 0.4) is 0 Å². The normalized spacial score (nSPS) is 13.6. The zero-order chi connectivity index (χ0) is 27.9. The molecule has 0 radical (unpaired) electrons. The first-order chi connectivity index (χ1) is 17.1. The van der Waals surface area contributed by atoms with Gasteiger partial charge in [0.2, 0.25) is 10.0 Å². The molecule has 2 rings (SSSR count). The Kier molecular flexibility index (Phi) is 10.7. The van der Waals surface area contributed by atoms with Crippen molar-refractivity contribution < 1.29 is 36.6 Å². The Balaban J connectivity index is 2.04. The monoisotopic (exact) mass is 544 g/mol. The van der Waals surface area contributed by atoms with Crippen LogP contribution in [0.25, 0.3) is 0 Å². The van der Waals surface area contributed by atoms with Gasteiger partial charge in [-0.1, -0.05) is 36.4 Å². The van der Waals surface area contributed by atoms with Gasteiger partial charge in [-0.05, 0) is 62.8 Å². The van der Waals surface area contributed by atoms with E-state index in [1.165, 1.54) is 12.6 Å². The predicted molar refractivity (Wildman–Crippen MR) is 135 cm³/mol. The third kappa shape index (κ3) is 9.73. The van der Waals surface area contributed by atoms with Crippen LogP contribution in [0.2, 0.25) is 0 Å². The van der Waals surface area contributed by atoms with Crippen LogP contribution >= 0.6 is 0 Å². The smallest absolute Gasteiger partial charge is 0.416 e. The van der Waals surface area contributed by atoms with Crippen LogP contribution in [0.1, 0.15) is 49.8 Å². The van der Waals surface area contributed by atoms with Gasteiger partial charge in [-0.15, -0.1) is 0 Å². The van der Waals surface area contributed by atoms with Crippen molar-refractivity contribution in [2.75, 3.05) is 20.1 Å². The molecule has 7 nitrogen and oxygen atoms in total. The summed E-state index contributed by atoms with van der Waals surface area (Å²) >= 11 is 0. The van der Waals surface area contributed by atoms with Gasteiger partial charge in [-0.3, -0.25) is 4.79 Å². The Labute approximate surface area is 216 Å². The summed E-state index contributed by atoms with van der Waals surface area (Å²) in [5, 5.41) is 22.7. The number of β-amino-alcohol motifs (C(OH)–C–C–N with tert-alkyl or cyclic N) is 1. The van der Waals surface area contributed by atoms with Gasteiger partial charge < -0.3 is 15.5 Å². The zero-order valence-corrected chi connectivity index (χ0v) is 22.1. The number of carbonyl (C=O) groups is 1. The molecule has 1 atom stereocenters. The predicted octanol–water partition coefficient (Wildman–Crippen LogP) is 4.10. The lowest BCUT2D eigenvalue weighted by atomic mass is 9.95. The number of halogens is 3. The summed E-state index contributed by atoms with van der Waals surface area (Å²) in [5.74, 6) is -1.20. The largest absolute Gasteiger partial charge is 0.481 e. The standard InChI is InChI=1S/C26H35F3N2O5S/c1-25(2,15-7-10-19-8-5-4-6-9-19)30-17-22(32)18-31(3)37(35,36)23-16-21(26(27,28)29)13-11-20(23)12-14-24(33)34/h4-6,8-9,11,13,16,22,30,32H,7,10,12,14-15,17-18H2,1-3H3,(H,33,34)/t22-/m1/s1. The molecule has 0 amide bonds. The van der Waals surface area contributed by atoms with Gasteiger partial charge in [0, 0.05) is 32.1 Å². The van der Waals surface area contributed by atoms with Crippen LogP contribution in [0.4, 0.5) is 13.2 Å². The van der Waals surface area contributed by atoms with E-state index >= 15 is 0 Å². The summed E-state index contributed by atoms with van der Waals surface area (Å²) in [6, 6.07) is 12.3. The Morgan fingerprint density at radius 2 is 1.73 bits per heavy atom. The number of benzene rings is 2. The lowest BCUT2D eigenvalue weighted by molar-refractivity contribution is -0.138.